The highest BCUT2D eigenvalue weighted by Crippen LogP contribution is 2.31. The third-order valence-corrected chi connectivity index (χ3v) is 4.84. The molecule has 1 rings (SSSR count). The van der Waals surface area contributed by atoms with Gasteiger partial charge in [-0.2, -0.15) is 8.42 Å². The van der Waals surface area contributed by atoms with Crippen molar-refractivity contribution in [3.63, 3.8) is 0 Å². The summed E-state index contributed by atoms with van der Waals surface area (Å²) in [4.78, 5) is 36.4. The molecule has 1 heterocycles. The first kappa shape index (κ1) is 23.3. The van der Waals surface area contributed by atoms with E-state index < -0.39 is 40.7 Å². The van der Waals surface area contributed by atoms with Crippen molar-refractivity contribution < 1.29 is 36.6 Å². The zero-order chi connectivity index (χ0) is 20.4. The molecule has 0 spiro atoms. The predicted octanol–water partition coefficient (Wildman–Crippen LogP) is 1.80. The lowest BCUT2D eigenvalue weighted by Gasteiger charge is -2.19. The highest BCUT2D eigenvalue weighted by molar-refractivity contribution is 7.80. The average molecular weight is 405 g/mol. The van der Waals surface area contributed by atoms with Crippen LogP contribution in [0.25, 0.3) is 0 Å². The number of carbonyl (C=O) groups excluding carboxylic acids is 2. The molecule has 0 aliphatic carbocycles. The van der Waals surface area contributed by atoms with Crippen LogP contribution in [0.4, 0.5) is 0 Å². The van der Waals surface area contributed by atoms with Crippen molar-refractivity contribution in [3.05, 3.63) is 12.2 Å². The van der Waals surface area contributed by atoms with Crippen molar-refractivity contribution in [2.45, 2.75) is 51.9 Å². The Bertz CT molecular complexity index is 658. The normalized spacial score (nSPS) is 19.2. The first-order valence-corrected chi connectivity index (χ1v) is 10.4. The summed E-state index contributed by atoms with van der Waals surface area (Å²) in [5.74, 6) is -2.64. The van der Waals surface area contributed by atoms with E-state index in [4.69, 9.17) is 9.66 Å². The summed E-state index contributed by atoms with van der Waals surface area (Å²) in [6.07, 6.45) is 7.52. The molecule has 2 amide bonds. The minimum Gasteiger partial charge on any atom is -0.481 e. The van der Waals surface area contributed by atoms with E-state index in [1.54, 1.807) is 0 Å². The van der Waals surface area contributed by atoms with Crippen molar-refractivity contribution in [2.75, 3.05) is 13.2 Å². The van der Waals surface area contributed by atoms with E-state index in [1.165, 1.54) is 0 Å². The molecular formula is C17H27NO8S. The number of hydrogen-bond donors (Lipinski definition) is 2. The van der Waals surface area contributed by atoms with Gasteiger partial charge in [0.2, 0.25) is 11.8 Å². The maximum atomic E-state index is 12.6. The number of imide groups is 1. The van der Waals surface area contributed by atoms with Crippen LogP contribution < -0.4 is 0 Å². The second-order valence-electron chi connectivity index (χ2n) is 6.46. The molecule has 2 atom stereocenters. The molecule has 2 N–H and O–H groups in total. The van der Waals surface area contributed by atoms with Crippen LogP contribution in [0.3, 0.4) is 0 Å². The van der Waals surface area contributed by atoms with Crippen molar-refractivity contribution >= 4 is 28.2 Å². The molecule has 27 heavy (non-hydrogen) atoms. The van der Waals surface area contributed by atoms with Gasteiger partial charge in [-0.25, -0.2) is 4.18 Å². The van der Waals surface area contributed by atoms with Gasteiger partial charge in [0, 0.05) is 12.8 Å². The number of aliphatic carboxylic acids is 1. The first-order chi connectivity index (χ1) is 12.7. The van der Waals surface area contributed by atoms with Crippen molar-refractivity contribution in [1.29, 1.82) is 0 Å². The summed E-state index contributed by atoms with van der Waals surface area (Å²) < 4.78 is 33.9. The fourth-order valence-corrected chi connectivity index (χ4v) is 3.31. The van der Waals surface area contributed by atoms with E-state index in [0.29, 0.717) is 12.8 Å². The third kappa shape index (κ3) is 8.63. The molecule has 0 saturated carbocycles. The number of likely N-dealkylation sites (tertiary alicyclic amines) is 1. The quantitative estimate of drug-likeness (QED) is 0.205. The van der Waals surface area contributed by atoms with Gasteiger partial charge in [0.15, 0.2) is 0 Å². The standard InChI is InChI=1S/C17H27NO8S/c1-2-3-4-5-7-13(8-6-9-16(20)21)14-12-15(19)18(17(14)22)10-11-26-27(23,24)25/h5,7,13-14H,2-4,6,8-12H2,1H3,(H,20,21)(H,23,24,25)/b7-5-. The van der Waals surface area contributed by atoms with Crippen LogP contribution in [0.2, 0.25) is 0 Å². The average Bonchev–Trinajstić information content (AvgIpc) is 2.83. The zero-order valence-electron chi connectivity index (χ0n) is 15.4. The van der Waals surface area contributed by atoms with E-state index in [2.05, 4.69) is 11.1 Å². The number of rotatable bonds is 13. The summed E-state index contributed by atoms with van der Waals surface area (Å²) in [5, 5.41) is 8.81. The Morgan fingerprint density at radius 2 is 2.07 bits per heavy atom. The Morgan fingerprint density at radius 3 is 2.67 bits per heavy atom. The van der Waals surface area contributed by atoms with Crippen LogP contribution in [0.15, 0.2) is 12.2 Å². The van der Waals surface area contributed by atoms with Crippen LogP contribution in [0.1, 0.15) is 51.9 Å². The van der Waals surface area contributed by atoms with E-state index in [-0.39, 0.29) is 25.3 Å². The van der Waals surface area contributed by atoms with E-state index >= 15 is 0 Å². The fourth-order valence-electron chi connectivity index (χ4n) is 3.03. The molecule has 10 heteroatoms. The summed E-state index contributed by atoms with van der Waals surface area (Å²) in [7, 11) is -4.63. The zero-order valence-corrected chi connectivity index (χ0v) is 16.2. The van der Waals surface area contributed by atoms with Crippen LogP contribution in [0.5, 0.6) is 0 Å². The van der Waals surface area contributed by atoms with Gasteiger partial charge >= 0.3 is 16.4 Å². The molecule has 154 valence electrons. The Labute approximate surface area is 159 Å². The van der Waals surface area contributed by atoms with Crippen LogP contribution >= 0.6 is 0 Å². The number of hydrogen-bond acceptors (Lipinski definition) is 6. The summed E-state index contributed by atoms with van der Waals surface area (Å²) in [6, 6.07) is 0. The van der Waals surface area contributed by atoms with Crippen molar-refractivity contribution in [3.8, 4) is 0 Å². The van der Waals surface area contributed by atoms with Gasteiger partial charge in [-0.05, 0) is 25.2 Å². The van der Waals surface area contributed by atoms with Gasteiger partial charge in [0.1, 0.15) is 0 Å². The molecule has 1 aliphatic rings. The topological polar surface area (TPSA) is 138 Å². The largest absolute Gasteiger partial charge is 0.481 e. The van der Waals surface area contributed by atoms with Gasteiger partial charge in [-0.1, -0.05) is 31.9 Å². The second kappa shape index (κ2) is 11.2. The Hall–Kier alpha value is -1.78. The summed E-state index contributed by atoms with van der Waals surface area (Å²) in [5.41, 5.74) is 0. The predicted molar refractivity (Wildman–Crippen MR) is 96.0 cm³/mol. The molecule has 1 aliphatic heterocycles. The fraction of sp³-hybridized carbons (Fsp3) is 0.706. The second-order valence-corrected chi connectivity index (χ2v) is 7.56. The molecule has 9 nitrogen and oxygen atoms in total. The number of unbranched alkanes of at least 4 members (excludes halogenated alkanes) is 2. The molecule has 0 bridgehead atoms. The maximum absolute atomic E-state index is 12.6. The smallest absolute Gasteiger partial charge is 0.397 e. The van der Waals surface area contributed by atoms with Crippen LogP contribution in [0, 0.1) is 11.8 Å². The Balaban J connectivity index is 2.75. The molecule has 1 saturated heterocycles. The number of carboxylic acid groups (broad SMARTS) is 1. The molecule has 1 fully saturated rings. The lowest BCUT2D eigenvalue weighted by molar-refractivity contribution is -0.140. The van der Waals surface area contributed by atoms with E-state index in [0.717, 1.165) is 24.2 Å². The van der Waals surface area contributed by atoms with Gasteiger partial charge in [-0.3, -0.25) is 23.8 Å². The highest BCUT2D eigenvalue weighted by atomic mass is 32.3. The molecule has 2 unspecified atom stereocenters. The van der Waals surface area contributed by atoms with Crippen LogP contribution in [-0.2, 0) is 29.0 Å². The number of carboxylic acids is 1. The Kier molecular flexibility index (Phi) is 9.61. The number of carbonyl (C=O) groups is 3. The highest BCUT2D eigenvalue weighted by Gasteiger charge is 2.41. The summed E-state index contributed by atoms with van der Waals surface area (Å²) >= 11 is 0. The minimum absolute atomic E-state index is 0.0133. The molecule has 0 aromatic rings. The number of nitrogens with zero attached hydrogens (tertiary/aromatic N) is 1. The Morgan fingerprint density at radius 1 is 1.37 bits per heavy atom. The lowest BCUT2D eigenvalue weighted by Crippen LogP contribution is -2.35. The molecule has 0 aromatic heterocycles. The molecular weight excluding hydrogens is 378 g/mol. The van der Waals surface area contributed by atoms with E-state index in [1.807, 2.05) is 12.2 Å². The monoisotopic (exact) mass is 405 g/mol. The van der Waals surface area contributed by atoms with Crippen LogP contribution in [-0.4, -0.2) is 53.9 Å². The molecule has 0 radical (unpaired) electrons. The third-order valence-electron chi connectivity index (χ3n) is 4.38. The van der Waals surface area contributed by atoms with Gasteiger partial charge in [-0.15, -0.1) is 0 Å². The maximum Gasteiger partial charge on any atom is 0.397 e. The van der Waals surface area contributed by atoms with Crippen molar-refractivity contribution in [1.82, 2.24) is 4.90 Å². The number of amides is 2. The number of allylic oxidation sites excluding steroid dienone is 2. The van der Waals surface area contributed by atoms with Gasteiger partial charge in [0.05, 0.1) is 19.1 Å². The van der Waals surface area contributed by atoms with Gasteiger partial charge in [0.25, 0.3) is 0 Å². The summed E-state index contributed by atoms with van der Waals surface area (Å²) in [6.45, 7) is 1.28. The molecule has 0 aromatic carbocycles. The first-order valence-electron chi connectivity index (χ1n) is 9.00. The SMILES string of the molecule is CCCC/C=C\C(CCCC(=O)O)C1CC(=O)N(CCOS(=O)(=O)O)C1=O. The minimum atomic E-state index is -4.63. The lowest BCUT2D eigenvalue weighted by atomic mass is 9.86. The van der Waals surface area contributed by atoms with Gasteiger partial charge < -0.3 is 5.11 Å². The van der Waals surface area contributed by atoms with E-state index in [9.17, 15) is 22.8 Å². The van der Waals surface area contributed by atoms with Crippen molar-refractivity contribution in [2.24, 2.45) is 11.8 Å².